The minimum absolute atomic E-state index is 0.0405. The van der Waals surface area contributed by atoms with Crippen LogP contribution >= 0.6 is 15.9 Å². The zero-order chi connectivity index (χ0) is 9.42. The van der Waals surface area contributed by atoms with E-state index in [2.05, 4.69) is 21.0 Å². The van der Waals surface area contributed by atoms with Crippen LogP contribution in [0.4, 0.5) is 8.78 Å². The SMILES string of the molecule is FC(F)c1cnn2c(Br)cccc12. The Bertz CT molecular complexity index is 439. The zero-order valence-electron chi connectivity index (χ0n) is 6.42. The Morgan fingerprint density at radius 2 is 2.15 bits per heavy atom. The van der Waals surface area contributed by atoms with E-state index < -0.39 is 6.43 Å². The fourth-order valence-corrected chi connectivity index (χ4v) is 1.60. The number of alkyl halides is 2. The molecule has 0 saturated heterocycles. The van der Waals surface area contributed by atoms with Gasteiger partial charge in [0.2, 0.25) is 0 Å². The van der Waals surface area contributed by atoms with Crippen molar-refractivity contribution in [2.75, 3.05) is 0 Å². The number of nitrogens with zero attached hydrogens (tertiary/aromatic N) is 2. The number of aromatic nitrogens is 2. The van der Waals surface area contributed by atoms with Gasteiger partial charge in [-0.1, -0.05) is 6.07 Å². The summed E-state index contributed by atoms with van der Waals surface area (Å²) in [6, 6.07) is 5.06. The Morgan fingerprint density at radius 1 is 1.38 bits per heavy atom. The summed E-state index contributed by atoms with van der Waals surface area (Å²) >= 11 is 3.21. The molecule has 0 radical (unpaired) electrons. The monoisotopic (exact) mass is 246 g/mol. The molecular formula is C8H5BrF2N2. The first-order valence-corrected chi connectivity index (χ1v) is 4.40. The number of rotatable bonds is 1. The Balaban J connectivity index is 2.75. The smallest absolute Gasteiger partial charge is 0.226 e. The van der Waals surface area contributed by atoms with Gasteiger partial charge >= 0.3 is 0 Å². The first-order valence-electron chi connectivity index (χ1n) is 3.60. The number of pyridine rings is 1. The van der Waals surface area contributed by atoms with Gasteiger partial charge in [-0.15, -0.1) is 0 Å². The molecule has 0 aliphatic carbocycles. The van der Waals surface area contributed by atoms with Gasteiger partial charge < -0.3 is 0 Å². The van der Waals surface area contributed by atoms with Crippen molar-refractivity contribution in [1.29, 1.82) is 0 Å². The van der Waals surface area contributed by atoms with Crippen molar-refractivity contribution >= 4 is 21.4 Å². The second-order valence-electron chi connectivity index (χ2n) is 2.55. The van der Waals surface area contributed by atoms with Crippen LogP contribution in [0.5, 0.6) is 0 Å². The van der Waals surface area contributed by atoms with Crippen molar-refractivity contribution in [2.45, 2.75) is 6.43 Å². The Labute approximate surface area is 81.3 Å². The highest BCUT2D eigenvalue weighted by Gasteiger charge is 2.14. The molecule has 0 N–H and O–H groups in total. The summed E-state index contributed by atoms with van der Waals surface area (Å²) in [5.41, 5.74) is 0.394. The standard InChI is InChI=1S/C8H5BrF2N2/c9-7-3-1-2-6-5(8(10)11)4-12-13(6)7/h1-4,8H. The molecule has 13 heavy (non-hydrogen) atoms. The van der Waals surface area contributed by atoms with Gasteiger partial charge in [-0.2, -0.15) is 5.10 Å². The lowest BCUT2D eigenvalue weighted by atomic mass is 10.3. The fraction of sp³-hybridized carbons (Fsp3) is 0.125. The third-order valence-corrected chi connectivity index (χ3v) is 2.36. The molecule has 0 aliphatic heterocycles. The van der Waals surface area contributed by atoms with E-state index in [9.17, 15) is 8.78 Å². The van der Waals surface area contributed by atoms with E-state index >= 15 is 0 Å². The molecule has 0 saturated carbocycles. The van der Waals surface area contributed by atoms with Gasteiger partial charge in [0.15, 0.2) is 0 Å². The van der Waals surface area contributed by atoms with Gasteiger partial charge in [0.1, 0.15) is 4.60 Å². The summed E-state index contributed by atoms with van der Waals surface area (Å²) < 4.78 is 26.9. The largest absolute Gasteiger partial charge is 0.267 e. The minimum Gasteiger partial charge on any atom is -0.226 e. The highest BCUT2D eigenvalue weighted by Crippen LogP contribution is 2.25. The van der Waals surface area contributed by atoms with E-state index in [-0.39, 0.29) is 5.56 Å². The summed E-state index contributed by atoms with van der Waals surface area (Å²) in [7, 11) is 0. The molecule has 0 aliphatic rings. The molecule has 2 aromatic heterocycles. The molecule has 68 valence electrons. The van der Waals surface area contributed by atoms with Crippen LogP contribution in [0.3, 0.4) is 0 Å². The van der Waals surface area contributed by atoms with Crippen molar-refractivity contribution < 1.29 is 8.78 Å². The molecule has 5 heteroatoms. The highest BCUT2D eigenvalue weighted by molar-refractivity contribution is 9.10. The summed E-state index contributed by atoms with van der Waals surface area (Å²) in [5, 5.41) is 3.83. The highest BCUT2D eigenvalue weighted by atomic mass is 79.9. The molecule has 0 bridgehead atoms. The Hall–Kier alpha value is -0.970. The molecule has 2 heterocycles. The van der Waals surface area contributed by atoms with Crippen molar-refractivity contribution in [3.63, 3.8) is 0 Å². The van der Waals surface area contributed by atoms with Crippen molar-refractivity contribution in [3.8, 4) is 0 Å². The van der Waals surface area contributed by atoms with Crippen LogP contribution in [0.1, 0.15) is 12.0 Å². The summed E-state index contributed by atoms with van der Waals surface area (Å²) in [4.78, 5) is 0. The Kier molecular flexibility index (Phi) is 2.03. The molecule has 0 unspecified atom stereocenters. The zero-order valence-corrected chi connectivity index (χ0v) is 8.00. The van der Waals surface area contributed by atoms with Gasteiger partial charge in [0.25, 0.3) is 6.43 Å². The predicted octanol–water partition coefficient (Wildman–Crippen LogP) is 3.03. The van der Waals surface area contributed by atoms with Crippen molar-refractivity contribution in [2.24, 2.45) is 0 Å². The lowest BCUT2D eigenvalue weighted by Gasteiger charge is -1.97. The topological polar surface area (TPSA) is 17.3 Å². The average Bonchev–Trinajstić information content (AvgIpc) is 2.48. The van der Waals surface area contributed by atoms with E-state index in [0.717, 1.165) is 0 Å². The molecule has 2 rings (SSSR count). The number of fused-ring (bicyclic) bond motifs is 1. The maximum Gasteiger partial charge on any atom is 0.267 e. The van der Waals surface area contributed by atoms with Crippen LogP contribution in [-0.4, -0.2) is 9.61 Å². The molecule has 0 amide bonds. The third kappa shape index (κ3) is 1.33. The van der Waals surface area contributed by atoms with Crippen LogP contribution in [0, 0.1) is 0 Å². The lowest BCUT2D eigenvalue weighted by Crippen LogP contribution is -1.88. The maximum atomic E-state index is 12.4. The van der Waals surface area contributed by atoms with Gasteiger partial charge in [-0.3, -0.25) is 0 Å². The number of hydrogen-bond acceptors (Lipinski definition) is 1. The number of halogens is 3. The normalized spacial score (nSPS) is 11.4. The third-order valence-electron chi connectivity index (χ3n) is 1.76. The van der Waals surface area contributed by atoms with Crippen LogP contribution in [0.25, 0.3) is 5.52 Å². The van der Waals surface area contributed by atoms with Crippen molar-refractivity contribution in [3.05, 3.63) is 34.6 Å². The van der Waals surface area contributed by atoms with E-state index in [1.54, 1.807) is 18.2 Å². The van der Waals surface area contributed by atoms with Crippen molar-refractivity contribution in [1.82, 2.24) is 9.61 Å². The van der Waals surface area contributed by atoms with Crippen LogP contribution in [0.15, 0.2) is 29.0 Å². The second kappa shape index (κ2) is 3.06. The van der Waals surface area contributed by atoms with Crippen LogP contribution in [-0.2, 0) is 0 Å². The quantitative estimate of drug-likeness (QED) is 0.708. The molecule has 2 nitrogen and oxygen atoms in total. The maximum absolute atomic E-state index is 12.4. The molecule has 0 atom stereocenters. The number of hydrogen-bond donors (Lipinski definition) is 0. The first kappa shape index (κ1) is 8.62. The lowest BCUT2D eigenvalue weighted by molar-refractivity contribution is 0.153. The van der Waals surface area contributed by atoms with Gasteiger partial charge in [0, 0.05) is 0 Å². The van der Waals surface area contributed by atoms with Gasteiger partial charge in [-0.05, 0) is 28.1 Å². The van der Waals surface area contributed by atoms with E-state index in [1.807, 2.05) is 0 Å². The van der Waals surface area contributed by atoms with E-state index in [0.29, 0.717) is 10.1 Å². The molecular weight excluding hydrogens is 242 g/mol. The van der Waals surface area contributed by atoms with Crippen LogP contribution in [0.2, 0.25) is 0 Å². The summed E-state index contributed by atoms with van der Waals surface area (Å²) in [6.45, 7) is 0. The van der Waals surface area contributed by atoms with E-state index in [4.69, 9.17) is 0 Å². The minimum atomic E-state index is -2.48. The van der Waals surface area contributed by atoms with Gasteiger partial charge in [-0.25, -0.2) is 13.3 Å². The van der Waals surface area contributed by atoms with E-state index in [1.165, 1.54) is 10.7 Å². The Morgan fingerprint density at radius 3 is 2.85 bits per heavy atom. The average molecular weight is 247 g/mol. The molecule has 0 spiro atoms. The predicted molar refractivity (Wildman–Crippen MR) is 47.8 cm³/mol. The molecule has 0 fully saturated rings. The summed E-state index contributed by atoms with van der Waals surface area (Å²) in [5.74, 6) is 0. The van der Waals surface area contributed by atoms with Crippen LogP contribution < -0.4 is 0 Å². The molecule has 2 aromatic rings. The summed E-state index contributed by atoms with van der Waals surface area (Å²) in [6.07, 6.45) is -1.29. The van der Waals surface area contributed by atoms with Gasteiger partial charge in [0.05, 0.1) is 17.3 Å². The first-order chi connectivity index (χ1) is 6.20. The second-order valence-corrected chi connectivity index (χ2v) is 3.36. The fourth-order valence-electron chi connectivity index (χ4n) is 1.17. The molecule has 0 aromatic carbocycles.